The van der Waals surface area contributed by atoms with E-state index < -0.39 is 0 Å². The summed E-state index contributed by atoms with van der Waals surface area (Å²) in [6.45, 7) is 2.65. The fourth-order valence-electron chi connectivity index (χ4n) is 3.92. The molecular weight excluding hydrogens is 406 g/mol. The molecular formula is C23H23N7O2. The maximum Gasteiger partial charge on any atom is 0.238 e. The lowest BCUT2D eigenvalue weighted by Gasteiger charge is -2.21. The van der Waals surface area contributed by atoms with Crippen LogP contribution in [0.25, 0.3) is 17.2 Å². The van der Waals surface area contributed by atoms with Crippen molar-refractivity contribution in [1.29, 1.82) is 0 Å². The van der Waals surface area contributed by atoms with Crippen molar-refractivity contribution in [1.82, 2.24) is 29.3 Å². The molecule has 0 aliphatic carbocycles. The highest BCUT2D eigenvalue weighted by Gasteiger charge is 2.31. The normalized spacial score (nSPS) is 15.2. The Bertz CT molecular complexity index is 1260. The molecule has 1 aliphatic rings. The molecule has 4 heterocycles. The van der Waals surface area contributed by atoms with Gasteiger partial charge in [-0.2, -0.15) is 0 Å². The van der Waals surface area contributed by atoms with E-state index in [4.69, 9.17) is 9.72 Å². The Morgan fingerprint density at radius 3 is 2.75 bits per heavy atom. The summed E-state index contributed by atoms with van der Waals surface area (Å²) in [4.78, 5) is 26.5. The third-order valence-corrected chi connectivity index (χ3v) is 5.49. The Morgan fingerprint density at radius 1 is 1.16 bits per heavy atom. The molecule has 162 valence electrons. The number of ether oxygens (including phenoxy) is 1. The lowest BCUT2D eigenvalue weighted by atomic mass is 9.98. The first-order valence-electron chi connectivity index (χ1n) is 10.5. The zero-order valence-corrected chi connectivity index (χ0v) is 17.9. The van der Waals surface area contributed by atoms with Gasteiger partial charge in [0.05, 0.1) is 25.0 Å². The molecule has 1 unspecified atom stereocenters. The number of rotatable bonds is 5. The number of carbonyl (C=O) groups is 1. The van der Waals surface area contributed by atoms with Crippen LogP contribution in [0, 0.1) is 6.92 Å². The number of methoxy groups -OCH3 is 1. The van der Waals surface area contributed by atoms with Gasteiger partial charge >= 0.3 is 0 Å². The summed E-state index contributed by atoms with van der Waals surface area (Å²) >= 11 is 0. The number of hydrogen-bond acceptors (Lipinski definition) is 6. The number of aryl methyl sites for hydroxylation is 2. The number of benzene rings is 1. The van der Waals surface area contributed by atoms with Crippen LogP contribution in [0.5, 0.6) is 5.88 Å². The van der Waals surface area contributed by atoms with Crippen molar-refractivity contribution in [3.63, 3.8) is 0 Å². The predicted octanol–water partition coefficient (Wildman–Crippen LogP) is 3.36. The minimum atomic E-state index is -0.361. The maximum atomic E-state index is 12.9. The summed E-state index contributed by atoms with van der Waals surface area (Å²) in [7, 11) is 1.58. The maximum absolute atomic E-state index is 12.9. The number of amides is 1. The molecule has 1 aromatic carbocycles. The second-order valence-corrected chi connectivity index (χ2v) is 7.71. The van der Waals surface area contributed by atoms with E-state index in [0.29, 0.717) is 23.2 Å². The number of para-hydroxylation sites is 1. The number of pyridine rings is 1. The van der Waals surface area contributed by atoms with Crippen molar-refractivity contribution in [3.8, 4) is 23.1 Å². The summed E-state index contributed by atoms with van der Waals surface area (Å²) in [6.07, 6.45) is 5.21. The van der Waals surface area contributed by atoms with E-state index in [0.717, 1.165) is 36.5 Å². The van der Waals surface area contributed by atoms with Gasteiger partial charge in [0.25, 0.3) is 0 Å². The van der Waals surface area contributed by atoms with Crippen LogP contribution >= 0.6 is 0 Å². The van der Waals surface area contributed by atoms with E-state index in [2.05, 4.69) is 20.4 Å². The molecule has 1 atom stereocenters. The van der Waals surface area contributed by atoms with Crippen LogP contribution in [0.4, 0.5) is 5.69 Å². The van der Waals surface area contributed by atoms with Gasteiger partial charge in [-0.05, 0) is 44.0 Å². The molecule has 4 aromatic rings. The summed E-state index contributed by atoms with van der Waals surface area (Å²) < 4.78 is 9.19. The lowest BCUT2D eigenvalue weighted by molar-refractivity contribution is -0.118. The SMILES string of the molecule is COc1nc(-c2nc3n(n2)CCCC3C(=O)Nc2ccccc2)ccc1-n1cnc(C)c1. The highest BCUT2D eigenvalue weighted by atomic mass is 16.5. The van der Waals surface area contributed by atoms with Crippen LogP contribution in [-0.4, -0.2) is 42.3 Å². The number of fused-ring (bicyclic) bond motifs is 1. The van der Waals surface area contributed by atoms with Crippen LogP contribution in [-0.2, 0) is 11.3 Å². The Morgan fingerprint density at radius 2 is 2.00 bits per heavy atom. The van der Waals surface area contributed by atoms with Crippen molar-refractivity contribution < 1.29 is 9.53 Å². The standard InChI is InChI=1S/C23H23N7O2/c1-15-13-29(14-24-15)19-11-10-18(26-23(19)32-2)20-27-21-17(9-6-12-30(21)28-20)22(31)25-16-7-4-3-5-8-16/h3-5,7-8,10-11,13-14,17H,6,9,12H2,1-2H3,(H,25,31). The van der Waals surface area contributed by atoms with Gasteiger partial charge in [-0.1, -0.05) is 18.2 Å². The summed E-state index contributed by atoms with van der Waals surface area (Å²) in [5, 5.41) is 7.61. The molecule has 1 N–H and O–H groups in total. The predicted molar refractivity (Wildman–Crippen MR) is 119 cm³/mol. The summed E-state index contributed by atoms with van der Waals surface area (Å²) in [5.41, 5.74) is 3.04. The van der Waals surface area contributed by atoms with Gasteiger partial charge in [-0.15, -0.1) is 5.10 Å². The summed E-state index contributed by atoms with van der Waals surface area (Å²) in [5.74, 6) is 1.15. The topological polar surface area (TPSA) is 99.8 Å². The first kappa shape index (κ1) is 19.9. The molecule has 5 rings (SSSR count). The molecule has 0 bridgehead atoms. The van der Waals surface area contributed by atoms with E-state index in [1.807, 2.05) is 64.8 Å². The van der Waals surface area contributed by atoms with Crippen LogP contribution in [0.3, 0.4) is 0 Å². The minimum absolute atomic E-state index is 0.0764. The third-order valence-electron chi connectivity index (χ3n) is 5.49. The van der Waals surface area contributed by atoms with E-state index in [9.17, 15) is 4.79 Å². The Kier molecular flexibility index (Phi) is 5.14. The van der Waals surface area contributed by atoms with E-state index in [1.54, 1.807) is 13.4 Å². The van der Waals surface area contributed by atoms with Crippen molar-refractivity contribution >= 4 is 11.6 Å². The molecule has 0 saturated carbocycles. The molecule has 1 aliphatic heterocycles. The first-order valence-corrected chi connectivity index (χ1v) is 10.5. The van der Waals surface area contributed by atoms with Crippen molar-refractivity contribution in [2.24, 2.45) is 0 Å². The molecule has 1 amide bonds. The number of hydrogen-bond donors (Lipinski definition) is 1. The molecule has 0 fully saturated rings. The van der Waals surface area contributed by atoms with Crippen LogP contribution in [0.2, 0.25) is 0 Å². The minimum Gasteiger partial charge on any atom is -0.479 e. The number of carbonyl (C=O) groups excluding carboxylic acids is 1. The Balaban J connectivity index is 1.44. The second-order valence-electron chi connectivity index (χ2n) is 7.71. The highest BCUT2D eigenvalue weighted by molar-refractivity contribution is 5.95. The first-order chi connectivity index (χ1) is 15.6. The molecule has 3 aromatic heterocycles. The van der Waals surface area contributed by atoms with Gasteiger partial charge < -0.3 is 14.6 Å². The van der Waals surface area contributed by atoms with E-state index >= 15 is 0 Å². The number of nitrogens with one attached hydrogen (secondary N) is 1. The molecule has 0 radical (unpaired) electrons. The quantitative estimate of drug-likeness (QED) is 0.522. The fraction of sp³-hybridized carbons (Fsp3) is 0.261. The van der Waals surface area contributed by atoms with Crippen LogP contribution in [0.1, 0.15) is 30.3 Å². The largest absolute Gasteiger partial charge is 0.479 e. The molecule has 9 nitrogen and oxygen atoms in total. The third kappa shape index (κ3) is 3.73. The lowest BCUT2D eigenvalue weighted by Crippen LogP contribution is -2.28. The van der Waals surface area contributed by atoms with Gasteiger partial charge in [0.1, 0.15) is 17.2 Å². The number of nitrogens with zero attached hydrogens (tertiary/aromatic N) is 6. The van der Waals surface area contributed by atoms with Crippen LogP contribution < -0.4 is 10.1 Å². The Labute approximate surface area is 185 Å². The number of imidazole rings is 1. The van der Waals surface area contributed by atoms with Crippen molar-refractivity contribution in [2.45, 2.75) is 32.2 Å². The molecule has 0 spiro atoms. The fourth-order valence-corrected chi connectivity index (χ4v) is 3.92. The highest BCUT2D eigenvalue weighted by Crippen LogP contribution is 2.30. The van der Waals surface area contributed by atoms with E-state index in [1.165, 1.54) is 0 Å². The van der Waals surface area contributed by atoms with Crippen molar-refractivity contribution in [2.75, 3.05) is 12.4 Å². The van der Waals surface area contributed by atoms with Gasteiger partial charge in [0.15, 0.2) is 5.82 Å². The summed E-state index contributed by atoms with van der Waals surface area (Å²) in [6, 6.07) is 13.2. The van der Waals surface area contributed by atoms with E-state index in [-0.39, 0.29) is 11.8 Å². The zero-order chi connectivity index (χ0) is 22.1. The van der Waals surface area contributed by atoms with Gasteiger partial charge in [0, 0.05) is 18.4 Å². The van der Waals surface area contributed by atoms with Gasteiger partial charge in [-0.25, -0.2) is 19.6 Å². The molecule has 9 heteroatoms. The average Bonchev–Trinajstić information content (AvgIpc) is 3.45. The Hall–Kier alpha value is -4.01. The molecule has 0 saturated heterocycles. The smallest absolute Gasteiger partial charge is 0.238 e. The van der Waals surface area contributed by atoms with Crippen molar-refractivity contribution in [3.05, 3.63) is 66.5 Å². The average molecular weight is 429 g/mol. The second kappa shape index (κ2) is 8.26. The number of aromatic nitrogens is 6. The zero-order valence-electron chi connectivity index (χ0n) is 17.9. The van der Waals surface area contributed by atoms with Crippen LogP contribution in [0.15, 0.2) is 55.0 Å². The monoisotopic (exact) mass is 429 g/mol. The molecule has 32 heavy (non-hydrogen) atoms. The van der Waals surface area contributed by atoms with Gasteiger partial charge in [-0.3, -0.25) is 4.79 Å². The van der Waals surface area contributed by atoms with Gasteiger partial charge in [0.2, 0.25) is 11.8 Å². The number of anilines is 1.